The molecule has 4 heteroatoms. The van der Waals surface area contributed by atoms with Gasteiger partial charge in [-0.05, 0) is 37.9 Å². The maximum absolute atomic E-state index is 13.5. The molecule has 0 bridgehead atoms. The summed E-state index contributed by atoms with van der Waals surface area (Å²) in [5.74, 6) is 0.460. The normalized spacial score (nSPS) is 13.6. The summed E-state index contributed by atoms with van der Waals surface area (Å²) in [6.07, 6.45) is 15.5. The fourth-order valence-electron chi connectivity index (χ4n) is 1.54. The molecule has 0 aromatic carbocycles. The first-order valence-electron chi connectivity index (χ1n) is 7.55. The molecule has 120 valence electrons. The first kappa shape index (κ1) is 20.0. The Kier molecular flexibility index (Phi) is 14.6. The molecular weight excluding hydrogens is 287 g/mol. The molecular formula is C17H27FO2S. The second kappa shape index (κ2) is 15.4. The molecule has 0 saturated heterocycles. The molecule has 0 amide bonds. The number of alkyl halides is 1. The van der Waals surface area contributed by atoms with Gasteiger partial charge in [0, 0.05) is 5.75 Å². The van der Waals surface area contributed by atoms with E-state index in [0.717, 1.165) is 19.3 Å². The lowest BCUT2D eigenvalue weighted by atomic mass is 10.2. The van der Waals surface area contributed by atoms with Crippen molar-refractivity contribution in [2.75, 3.05) is 11.5 Å². The summed E-state index contributed by atoms with van der Waals surface area (Å²) in [5, 5.41) is 8.46. The van der Waals surface area contributed by atoms with Crippen LogP contribution in [0.15, 0.2) is 36.5 Å². The molecule has 0 spiro atoms. The summed E-state index contributed by atoms with van der Waals surface area (Å²) in [6.45, 7) is 2.11. The van der Waals surface area contributed by atoms with Gasteiger partial charge in [0.15, 0.2) is 0 Å². The van der Waals surface area contributed by atoms with E-state index in [1.54, 1.807) is 0 Å². The summed E-state index contributed by atoms with van der Waals surface area (Å²) in [7, 11) is 0. The van der Waals surface area contributed by atoms with E-state index in [0.29, 0.717) is 24.3 Å². The van der Waals surface area contributed by atoms with E-state index >= 15 is 0 Å². The summed E-state index contributed by atoms with van der Waals surface area (Å²) < 4.78 is 13.5. The number of allylic oxidation sites excluding steroid dienone is 6. The molecule has 0 fully saturated rings. The number of carbonyl (C=O) groups is 1. The largest absolute Gasteiger partial charge is 0.481 e. The zero-order chi connectivity index (χ0) is 15.8. The van der Waals surface area contributed by atoms with Crippen LogP contribution < -0.4 is 0 Å². The van der Waals surface area contributed by atoms with Gasteiger partial charge in [-0.1, -0.05) is 43.4 Å². The minimum absolute atomic E-state index is 0.154. The molecule has 0 rings (SSSR count). The SMILES string of the molecule is CC/C=C\C/C=C\C/C=C\CC(F)CCSCCC(=O)O. The van der Waals surface area contributed by atoms with Crippen molar-refractivity contribution in [3.05, 3.63) is 36.5 Å². The van der Waals surface area contributed by atoms with Gasteiger partial charge in [0.05, 0.1) is 6.42 Å². The molecule has 0 radical (unpaired) electrons. The van der Waals surface area contributed by atoms with Gasteiger partial charge in [-0.15, -0.1) is 0 Å². The summed E-state index contributed by atoms with van der Waals surface area (Å²) >= 11 is 1.50. The number of carboxylic acids is 1. The lowest BCUT2D eigenvalue weighted by Crippen LogP contribution is -2.01. The average molecular weight is 314 g/mol. The van der Waals surface area contributed by atoms with Crippen molar-refractivity contribution in [2.24, 2.45) is 0 Å². The molecule has 0 saturated carbocycles. The third-order valence-corrected chi connectivity index (χ3v) is 3.72. The van der Waals surface area contributed by atoms with E-state index in [2.05, 4.69) is 31.2 Å². The Morgan fingerprint density at radius 3 is 2.33 bits per heavy atom. The van der Waals surface area contributed by atoms with Crippen molar-refractivity contribution in [3.8, 4) is 0 Å². The lowest BCUT2D eigenvalue weighted by molar-refractivity contribution is -0.136. The van der Waals surface area contributed by atoms with E-state index in [1.807, 2.05) is 12.2 Å². The fourth-order valence-corrected chi connectivity index (χ4v) is 2.49. The number of hydrogen-bond acceptors (Lipinski definition) is 2. The third-order valence-electron chi connectivity index (χ3n) is 2.71. The van der Waals surface area contributed by atoms with Crippen LogP contribution in [0.5, 0.6) is 0 Å². The van der Waals surface area contributed by atoms with Gasteiger partial charge in [-0.25, -0.2) is 4.39 Å². The standard InChI is InChI=1S/C17H27FO2S/c1-2-3-4-5-6-7-8-9-10-11-16(18)12-14-21-15-13-17(19)20/h3-4,6-7,9-10,16H,2,5,8,11-15H2,1H3,(H,19,20)/b4-3-,7-6-,10-9-. The van der Waals surface area contributed by atoms with Crippen molar-refractivity contribution < 1.29 is 14.3 Å². The number of hydrogen-bond donors (Lipinski definition) is 1. The van der Waals surface area contributed by atoms with Gasteiger partial charge in [-0.3, -0.25) is 4.79 Å². The van der Waals surface area contributed by atoms with Gasteiger partial charge >= 0.3 is 5.97 Å². The van der Waals surface area contributed by atoms with Gasteiger partial charge in [0.2, 0.25) is 0 Å². The van der Waals surface area contributed by atoms with E-state index in [-0.39, 0.29) is 6.42 Å². The molecule has 0 aliphatic rings. The zero-order valence-corrected chi connectivity index (χ0v) is 13.7. The van der Waals surface area contributed by atoms with Gasteiger partial charge < -0.3 is 5.11 Å². The van der Waals surface area contributed by atoms with Crippen molar-refractivity contribution in [1.82, 2.24) is 0 Å². The fraction of sp³-hybridized carbons (Fsp3) is 0.588. The second-order valence-corrected chi connectivity index (χ2v) is 5.90. The van der Waals surface area contributed by atoms with Crippen molar-refractivity contribution in [3.63, 3.8) is 0 Å². The van der Waals surface area contributed by atoms with Gasteiger partial charge in [0.1, 0.15) is 6.17 Å². The van der Waals surface area contributed by atoms with Crippen LogP contribution in [0.2, 0.25) is 0 Å². The van der Waals surface area contributed by atoms with Crippen LogP contribution in [0.3, 0.4) is 0 Å². The van der Waals surface area contributed by atoms with E-state index in [1.165, 1.54) is 11.8 Å². The molecule has 1 atom stereocenters. The van der Waals surface area contributed by atoms with Crippen molar-refractivity contribution in [2.45, 2.75) is 51.6 Å². The van der Waals surface area contributed by atoms with E-state index < -0.39 is 12.1 Å². The smallest absolute Gasteiger partial charge is 0.304 e. The van der Waals surface area contributed by atoms with E-state index in [4.69, 9.17) is 5.11 Å². The Morgan fingerprint density at radius 2 is 1.71 bits per heavy atom. The van der Waals surface area contributed by atoms with Crippen LogP contribution in [0.1, 0.15) is 45.4 Å². The summed E-state index contributed by atoms with van der Waals surface area (Å²) in [4.78, 5) is 10.3. The first-order chi connectivity index (χ1) is 10.2. The monoisotopic (exact) mass is 314 g/mol. The highest BCUT2D eigenvalue weighted by molar-refractivity contribution is 7.99. The minimum Gasteiger partial charge on any atom is -0.481 e. The number of thioether (sulfide) groups is 1. The van der Waals surface area contributed by atoms with Crippen LogP contribution in [0.4, 0.5) is 4.39 Å². The number of aliphatic carboxylic acids is 1. The Bertz CT molecular complexity index is 338. The maximum atomic E-state index is 13.5. The van der Waals surface area contributed by atoms with Crippen LogP contribution in [-0.4, -0.2) is 28.8 Å². The molecule has 1 N–H and O–H groups in total. The molecule has 0 heterocycles. The molecule has 0 aliphatic heterocycles. The highest BCUT2D eigenvalue weighted by Crippen LogP contribution is 2.11. The maximum Gasteiger partial charge on any atom is 0.304 e. The van der Waals surface area contributed by atoms with Crippen molar-refractivity contribution in [1.29, 1.82) is 0 Å². The van der Waals surface area contributed by atoms with Crippen LogP contribution in [-0.2, 0) is 4.79 Å². The molecule has 21 heavy (non-hydrogen) atoms. The third kappa shape index (κ3) is 16.9. The molecule has 0 aromatic rings. The van der Waals surface area contributed by atoms with Crippen LogP contribution in [0.25, 0.3) is 0 Å². The topological polar surface area (TPSA) is 37.3 Å². The Morgan fingerprint density at radius 1 is 1.10 bits per heavy atom. The first-order valence-corrected chi connectivity index (χ1v) is 8.70. The Balaban J connectivity index is 3.46. The number of halogens is 1. The van der Waals surface area contributed by atoms with Gasteiger partial charge in [0.25, 0.3) is 0 Å². The lowest BCUT2D eigenvalue weighted by Gasteiger charge is -2.04. The highest BCUT2D eigenvalue weighted by atomic mass is 32.2. The predicted molar refractivity (Wildman–Crippen MR) is 90.7 cm³/mol. The average Bonchev–Trinajstić information content (AvgIpc) is 2.45. The molecule has 0 aliphatic carbocycles. The Hall–Kier alpha value is -1.03. The molecule has 2 nitrogen and oxygen atoms in total. The quantitative estimate of drug-likeness (QED) is 0.376. The summed E-state index contributed by atoms with van der Waals surface area (Å²) in [6, 6.07) is 0. The van der Waals surface area contributed by atoms with Crippen LogP contribution in [0, 0.1) is 0 Å². The summed E-state index contributed by atoms with van der Waals surface area (Å²) in [5.41, 5.74) is 0. The molecule has 0 aromatic heterocycles. The number of rotatable bonds is 13. The second-order valence-electron chi connectivity index (χ2n) is 4.67. The number of carboxylic acid groups (broad SMARTS) is 1. The zero-order valence-electron chi connectivity index (χ0n) is 12.8. The predicted octanol–water partition coefficient (Wildman–Crippen LogP) is 5.17. The highest BCUT2D eigenvalue weighted by Gasteiger charge is 2.04. The Labute approximate surface area is 132 Å². The van der Waals surface area contributed by atoms with Crippen LogP contribution >= 0.6 is 11.8 Å². The molecule has 1 unspecified atom stereocenters. The minimum atomic E-state index is -0.824. The van der Waals surface area contributed by atoms with E-state index in [9.17, 15) is 9.18 Å². The van der Waals surface area contributed by atoms with Crippen molar-refractivity contribution >= 4 is 17.7 Å². The van der Waals surface area contributed by atoms with Gasteiger partial charge in [-0.2, -0.15) is 11.8 Å².